The van der Waals surface area contributed by atoms with Crippen LogP contribution in [0.4, 0.5) is 0 Å². The zero-order chi connectivity index (χ0) is 21.0. The number of nitrogens with zero attached hydrogens (tertiary/aromatic N) is 2. The van der Waals surface area contributed by atoms with E-state index in [4.69, 9.17) is 11.6 Å². The molecule has 1 amide bonds. The molecule has 9 heteroatoms. The number of H-pyrrole nitrogens is 1. The Morgan fingerprint density at radius 3 is 2.53 bits per heavy atom. The molecule has 1 saturated heterocycles. The van der Waals surface area contributed by atoms with Crippen LogP contribution >= 0.6 is 11.6 Å². The Bertz CT molecular complexity index is 1250. The number of hydrogen-bond acceptors (Lipinski definition) is 5. The van der Waals surface area contributed by atoms with Crippen LogP contribution in [0.3, 0.4) is 0 Å². The molecule has 0 unspecified atom stereocenters. The molecule has 0 aliphatic carbocycles. The number of carbonyl (C=O) groups excluding carboxylic acids is 1. The van der Waals surface area contributed by atoms with E-state index in [1.54, 1.807) is 41.3 Å². The van der Waals surface area contributed by atoms with Crippen molar-refractivity contribution < 1.29 is 18.3 Å². The van der Waals surface area contributed by atoms with Crippen molar-refractivity contribution in [1.29, 1.82) is 0 Å². The Kier molecular flexibility index (Phi) is 4.37. The summed E-state index contributed by atoms with van der Waals surface area (Å²) < 4.78 is 24.3. The summed E-state index contributed by atoms with van der Waals surface area (Å²) in [5.74, 6) is -0.239. The maximum absolute atomic E-state index is 13.3. The molecule has 154 valence electrons. The van der Waals surface area contributed by atoms with E-state index in [1.807, 2.05) is 12.1 Å². The van der Waals surface area contributed by atoms with Crippen LogP contribution < -0.4 is 0 Å². The lowest BCUT2D eigenvalue weighted by Crippen LogP contribution is -2.40. The number of aromatic nitrogens is 2. The van der Waals surface area contributed by atoms with Gasteiger partial charge in [-0.15, -0.1) is 0 Å². The molecule has 3 aromatic rings. The highest BCUT2D eigenvalue weighted by Crippen LogP contribution is 2.46. The third kappa shape index (κ3) is 2.98. The molecule has 2 aliphatic heterocycles. The van der Waals surface area contributed by atoms with Crippen LogP contribution in [0.25, 0.3) is 11.3 Å². The van der Waals surface area contributed by atoms with Gasteiger partial charge in [-0.1, -0.05) is 35.9 Å². The summed E-state index contributed by atoms with van der Waals surface area (Å²) >= 11 is 6.06. The fourth-order valence-electron chi connectivity index (χ4n) is 4.39. The fourth-order valence-corrected chi connectivity index (χ4v) is 6.23. The van der Waals surface area contributed by atoms with E-state index in [0.717, 1.165) is 5.56 Å². The molecule has 2 atom stereocenters. The lowest BCUT2D eigenvalue weighted by atomic mass is 9.95. The Hall–Kier alpha value is -2.84. The minimum absolute atomic E-state index is 0.0519. The predicted molar refractivity (Wildman–Crippen MR) is 112 cm³/mol. The zero-order valence-electron chi connectivity index (χ0n) is 15.7. The zero-order valence-corrected chi connectivity index (χ0v) is 17.3. The number of benzene rings is 2. The molecule has 0 bridgehead atoms. The number of hydrogen-bond donors (Lipinski definition) is 2. The number of amides is 1. The van der Waals surface area contributed by atoms with Gasteiger partial charge in [0.2, 0.25) is 0 Å². The standard InChI is InChI=1S/C21H18ClN3O4S/c22-13-7-5-12(6-8-13)20-17-18(15-3-1-2-4-16(15)26)23-24-19(17)21(27)25(20)14-9-10-30(28,29)11-14/h1-8,14,20,26H,9-11H2,(H,23,24)/t14-,20-/m0/s1. The number of fused-ring (bicyclic) bond motifs is 1. The van der Waals surface area contributed by atoms with E-state index in [2.05, 4.69) is 10.2 Å². The third-order valence-corrected chi connectivity index (χ3v) is 7.75. The number of carbonyl (C=O) groups is 1. The molecule has 2 aliphatic rings. The Morgan fingerprint density at radius 1 is 1.13 bits per heavy atom. The van der Waals surface area contributed by atoms with Crippen molar-refractivity contribution in [2.45, 2.75) is 18.5 Å². The molecule has 1 fully saturated rings. The first-order valence-corrected chi connectivity index (χ1v) is 11.7. The van der Waals surface area contributed by atoms with Crippen LogP contribution in [-0.2, 0) is 9.84 Å². The average Bonchev–Trinajstić information content (AvgIpc) is 3.37. The maximum atomic E-state index is 13.3. The largest absolute Gasteiger partial charge is 0.507 e. The van der Waals surface area contributed by atoms with E-state index in [0.29, 0.717) is 34.0 Å². The second-order valence-corrected chi connectivity index (χ2v) is 10.3. The number of aromatic hydroxyl groups is 1. The van der Waals surface area contributed by atoms with Gasteiger partial charge in [0.25, 0.3) is 5.91 Å². The van der Waals surface area contributed by atoms with Crippen molar-refractivity contribution in [2.75, 3.05) is 11.5 Å². The molecular formula is C21H18ClN3O4S. The lowest BCUT2D eigenvalue weighted by molar-refractivity contribution is 0.0678. The van der Waals surface area contributed by atoms with Crippen LogP contribution in [0.2, 0.25) is 5.02 Å². The summed E-state index contributed by atoms with van der Waals surface area (Å²) in [5.41, 5.74) is 2.72. The summed E-state index contributed by atoms with van der Waals surface area (Å²) in [6.07, 6.45) is 0.391. The number of phenols is 1. The van der Waals surface area contributed by atoms with Gasteiger partial charge in [-0.25, -0.2) is 8.42 Å². The van der Waals surface area contributed by atoms with Crippen molar-refractivity contribution in [3.05, 3.63) is 70.4 Å². The van der Waals surface area contributed by atoms with E-state index in [1.165, 1.54) is 0 Å². The van der Waals surface area contributed by atoms with Crippen LogP contribution in [0, 0.1) is 0 Å². The topological polar surface area (TPSA) is 103 Å². The van der Waals surface area contributed by atoms with Crippen molar-refractivity contribution in [3.8, 4) is 17.0 Å². The van der Waals surface area contributed by atoms with Gasteiger partial charge in [0.15, 0.2) is 9.84 Å². The SMILES string of the molecule is O=C1c2[nH]nc(-c3ccccc3O)c2[C@H](c2ccc(Cl)cc2)N1[C@H]1CCS(=O)(=O)C1. The van der Waals surface area contributed by atoms with Gasteiger partial charge < -0.3 is 10.0 Å². The molecule has 7 nitrogen and oxygen atoms in total. The van der Waals surface area contributed by atoms with Gasteiger partial charge in [0, 0.05) is 22.2 Å². The summed E-state index contributed by atoms with van der Waals surface area (Å²) in [5, 5.41) is 18.1. The molecule has 1 aromatic heterocycles. The van der Waals surface area contributed by atoms with Crippen LogP contribution in [0.5, 0.6) is 5.75 Å². The van der Waals surface area contributed by atoms with E-state index < -0.39 is 21.9 Å². The third-order valence-electron chi connectivity index (χ3n) is 5.75. The average molecular weight is 444 g/mol. The summed E-state index contributed by atoms with van der Waals surface area (Å²) in [4.78, 5) is 15.0. The highest BCUT2D eigenvalue weighted by molar-refractivity contribution is 7.91. The Labute approximate surface area is 178 Å². The van der Waals surface area contributed by atoms with Gasteiger partial charge >= 0.3 is 0 Å². The number of sulfone groups is 1. The van der Waals surface area contributed by atoms with Crippen LogP contribution in [0.1, 0.15) is 34.1 Å². The molecular weight excluding hydrogens is 426 g/mol. The van der Waals surface area contributed by atoms with E-state index in [9.17, 15) is 18.3 Å². The van der Waals surface area contributed by atoms with Gasteiger partial charge in [-0.3, -0.25) is 9.89 Å². The first kappa shape index (κ1) is 19.1. The van der Waals surface area contributed by atoms with Crippen molar-refractivity contribution in [3.63, 3.8) is 0 Å². The molecule has 0 saturated carbocycles. The number of rotatable bonds is 3. The van der Waals surface area contributed by atoms with Crippen LogP contribution in [0.15, 0.2) is 48.5 Å². The lowest BCUT2D eigenvalue weighted by Gasteiger charge is -2.31. The minimum atomic E-state index is -3.19. The van der Waals surface area contributed by atoms with E-state index in [-0.39, 0.29) is 23.2 Å². The van der Waals surface area contributed by atoms with Crippen molar-refractivity contribution in [1.82, 2.24) is 15.1 Å². The second kappa shape index (κ2) is 6.85. The number of aromatic amines is 1. The van der Waals surface area contributed by atoms with Gasteiger partial charge in [-0.05, 0) is 36.2 Å². The highest BCUT2D eigenvalue weighted by atomic mass is 35.5. The molecule has 3 heterocycles. The molecule has 0 spiro atoms. The first-order valence-electron chi connectivity index (χ1n) is 9.51. The minimum Gasteiger partial charge on any atom is -0.507 e. The summed E-state index contributed by atoms with van der Waals surface area (Å²) in [7, 11) is -3.19. The predicted octanol–water partition coefficient (Wildman–Crippen LogP) is 3.17. The fraction of sp³-hybridized carbons (Fsp3) is 0.238. The number of nitrogens with one attached hydrogen (secondary N) is 1. The maximum Gasteiger partial charge on any atom is 0.273 e. The number of halogens is 1. The Balaban J connectivity index is 1.69. The Morgan fingerprint density at radius 2 is 1.87 bits per heavy atom. The molecule has 2 N–H and O–H groups in total. The summed E-state index contributed by atoms with van der Waals surface area (Å²) in [6.45, 7) is 0. The van der Waals surface area contributed by atoms with E-state index >= 15 is 0 Å². The molecule has 0 radical (unpaired) electrons. The highest BCUT2D eigenvalue weighted by Gasteiger charge is 2.48. The number of para-hydroxylation sites is 1. The monoisotopic (exact) mass is 443 g/mol. The molecule has 30 heavy (non-hydrogen) atoms. The van der Waals surface area contributed by atoms with Gasteiger partial charge in [0.05, 0.1) is 17.5 Å². The van der Waals surface area contributed by atoms with Gasteiger partial charge in [-0.2, -0.15) is 5.10 Å². The number of phenolic OH excluding ortho intramolecular Hbond substituents is 1. The normalized spacial score (nSPS) is 22.4. The smallest absolute Gasteiger partial charge is 0.273 e. The quantitative estimate of drug-likeness (QED) is 0.647. The van der Waals surface area contributed by atoms with Gasteiger partial charge in [0.1, 0.15) is 17.1 Å². The summed E-state index contributed by atoms with van der Waals surface area (Å²) in [6, 6.07) is 13.0. The first-order chi connectivity index (χ1) is 14.4. The second-order valence-electron chi connectivity index (χ2n) is 7.60. The van der Waals surface area contributed by atoms with Crippen molar-refractivity contribution in [2.24, 2.45) is 0 Å². The van der Waals surface area contributed by atoms with Crippen molar-refractivity contribution >= 4 is 27.3 Å². The van der Waals surface area contributed by atoms with Crippen LogP contribution in [-0.4, -0.2) is 52.1 Å². The molecule has 2 aromatic carbocycles. The molecule has 5 rings (SSSR count).